The molecule has 0 atom stereocenters. The van der Waals surface area contributed by atoms with E-state index in [4.69, 9.17) is 16.3 Å². The highest BCUT2D eigenvalue weighted by Crippen LogP contribution is 2.14. The number of ether oxygens (including phenoxy) is 1. The molecular weight excluding hydrogens is 328 g/mol. The van der Waals surface area contributed by atoms with E-state index in [1.54, 1.807) is 33.0 Å². The highest BCUT2D eigenvalue weighted by atomic mass is 35.5. The molecule has 1 heterocycles. The van der Waals surface area contributed by atoms with E-state index >= 15 is 0 Å². The Bertz CT molecular complexity index is 522. The molecule has 9 heteroatoms. The third-order valence-electron chi connectivity index (χ3n) is 2.07. The number of nitrogens with zero attached hydrogens (tertiary/aromatic N) is 2. The fourth-order valence-corrected chi connectivity index (χ4v) is 2.19. The molecular formula is C13H19ClN4O3S. The molecule has 0 unspecified atom stereocenters. The number of hydrogen-bond acceptors (Lipinski definition) is 6. The summed E-state index contributed by atoms with van der Waals surface area (Å²) in [7, 11) is 0. The molecule has 0 saturated heterocycles. The van der Waals surface area contributed by atoms with Gasteiger partial charge in [-0.3, -0.25) is 4.79 Å². The second kappa shape index (κ2) is 8.79. The normalized spacial score (nSPS) is 10.9. The fourth-order valence-electron chi connectivity index (χ4n) is 1.28. The lowest BCUT2D eigenvalue weighted by molar-refractivity contribution is -0.120. The van der Waals surface area contributed by atoms with Gasteiger partial charge in [0.25, 0.3) is 0 Å². The van der Waals surface area contributed by atoms with E-state index in [1.807, 2.05) is 0 Å². The van der Waals surface area contributed by atoms with Crippen LogP contribution in [0.1, 0.15) is 20.8 Å². The summed E-state index contributed by atoms with van der Waals surface area (Å²) in [6.45, 7) is 5.58. The van der Waals surface area contributed by atoms with Gasteiger partial charge in [-0.1, -0.05) is 0 Å². The Balaban J connectivity index is 2.15. The zero-order chi connectivity index (χ0) is 16.6. The first-order chi connectivity index (χ1) is 10.3. The van der Waals surface area contributed by atoms with Crippen molar-refractivity contribution in [2.75, 3.05) is 18.8 Å². The first-order valence-electron chi connectivity index (χ1n) is 6.61. The summed E-state index contributed by atoms with van der Waals surface area (Å²) in [5.41, 5.74) is -0.587. The summed E-state index contributed by atoms with van der Waals surface area (Å²) < 4.78 is 5.02. The molecule has 0 spiro atoms. The number of alkyl carbamates (subject to hydrolysis) is 1. The van der Waals surface area contributed by atoms with Crippen molar-refractivity contribution in [1.82, 2.24) is 20.6 Å². The van der Waals surface area contributed by atoms with Gasteiger partial charge in [-0.15, -0.1) is 11.8 Å². The Morgan fingerprint density at radius 2 is 2.09 bits per heavy atom. The van der Waals surface area contributed by atoms with Gasteiger partial charge in [-0.05, 0) is 38.4 Å². The van der Waals surface area contributed by atoms with Crippen molar-refractivity contribution in [3.63, 3.8) is 0 Å². The number of carbonyl (C=O) groups is 2. The van der Waals surface area contributed by atoms with E-state index in [0.29, 0.717) is 12.3 Å². The van der Waals surface area contributed by atoms with Gasteiger partial charge in [-0.25, -0.2) is 14.8 Å². The van der Waals surface area contributed by atoms with Crippen LogP contribution in [0.5, 0.6) is 0 Å². The SMILES string of the molecule is CC(C)(C)OC(=O)NCC(=O)NCCSc1ccnc(Cl)n1. The van der Waals surface area contributed by atoms with Crippen LogP contribution in [0.4, 0.5) is 4.79 Å². The molecule has 7 nitrogen and oxygen atoms in total. The van der Waals surface area contributed by atoms with Crippen LogP contribution >= 0.6 is 23.4 Å². The van der Waals surface area contributed by atoms with Crippen molar-refractivity contribution in [1.29, 1.82) is 0 Å². The Kier molecular flexibility index (Phi) is 7.40. The number of thioether (sulfide) groups is 1. The fraction of sp³-hybridized carbons (Fsp3) is 0.538. The second-order valence-electron chi connectivity index (χ2n) is 5.22. The standard InChI is InChI=1S/C13H19ClN4O3S/c1-13(2,3)21-12(20)17-8-9(19)15-6-7-22-10-4-5-16-11(14)18-10/h4-5H,6-8H2,1-3H3,(H,15,19)(H,17,20). The largest absolute Gasteiger partial charge is 0.444 e. The summed E-state index contributed by atoms with van der Waals surface area (Å²) in [6, 6.07) is 1.74. The number of amides is 2. The van der Waals surface area contributed by atoms with Gasteiger partial charge in [0.15, 0.2) is 0 Å². The summed E-state index contributed by atoms with van der Waals surface area (Å²) in [6.07, 6.45) is 0.953. The first kappa shape index (κ1) is 18.5. The van der Waals surface area contributed by atoms with Crippen molar-refractivity contribution in [2.45, 2.75) is 31.4 Å². The van der Waals surface area contributed by atoms with Gasteiger partial charge in [0.1, 0.15) is 10.6 Å². The molecule has 122 valence electrons. The van der Waals surface area contributed by atoms with Crippen molar-refractivity contribution < 1.29 is 14.3 Å². The molecule has 0 fully saturated rings. The van der Waals surface area contributed by atoms with Crippen molar-refractivity contribution >= 4 is 35.4 Å². The summed E-state index contributed by atoms with van der Waals surface area (Å²) >= 11 is 7.11. The van der Waals surface area contributed by atoms with Gasteiger partial charge in [-0.2, -0.15) is 0 Å². The van der Waals surface area contributed by atoms with Crippen molar-refractivity contribution in [2.24, 2.45) is 0 Å². The van der Waals surface area contributed by atoms with Crippen molar-refractivity contribution in [3.05, 3.63) is 17.5 Å². The minimum atomic E-state index is -0.618. The maximum absolute atomic E-state index is 11.5. The van der Waals surface area contributed by atoms with Crippen LogP contribution in [0.25, 0.3) is 0 Å². The molecule has 0 radical (unpaired) electrons. The molecule has 1 rings (SSSR count). The predicted molar refractivity (Wildman–Crippen MR) is 85.0 cm³/mol. The van der Waals surface area contributed by atoms with Gasteiger partial charge in [0, 0.05) is 18.5 Å². The quantitative estimate of drug-likeness (QED) is 0.353. The summed E-state index contributed by atoms with van der Waals surface area (Å²) in [5, 5.41) is 5.99. The monoisotopic (exact) mass is 346 g/mol. The van der Waals surface area contributed by atoms with Crippen LogP contribution in [0.2, 0.25) is 5.28 Å². The Morgan fingerprint density at radius 3 is 2.73 bits per heavy atom. The van der Waals surface area contributed by atoms with Crippen LogP contribution in [0.3, 0.4) is 0 Å². The van der Waals surface area contributed by atoms with Gasteiger partial charge in [0.2, 0.25) is 11.2 Å². The Labute approximate surface area is 138 Å². The Hall–Kier alpha value is -1.54. The van der Waals surface area contributed by atoms with E-state index in [0.717, 1.165) is 5.03 Å². The van der Waals surface area contributed by atoms with Crippen molar-refractivity contribution in [3.8, 4) is 0 Å². The second-order valence-corrected chi connectivity index (χ2v) is 6.67. The molecule has 0 aliphatic rings. The van der Waals surface area contributed by atoms with E-state index in [1.165, 1.54) is 11.8 Å². The van der Waals surface area contributed by atoms with Gasteiger partial charge < -0.3 is 15.4 Å². The van der Waals surface area contributed by atoms with E-state index in [2.05, 4.69) is 20.6 Å². The molecule has 22 heavy (non-hydrogen) atoms. The number of aromatic nitrogens is 2. The molecule has 1 aromatic rings. The summed E-state index contributed by atoms with van der Waals surface area (Å²) in [4.78, 5) is 30.7. The average molecular weight is 347 g/mol. The third kappa shape index (κ3) is 8.68. The zero-order valence-electron chi connectivity index (χ0n) is 12.7. The van der Waals surface area contributed by atoms with E-state index in [-0.39, 0.29) is 17.7 Å². The Morgan fingerprint density at radius 1 is 1.36 bits per heavy atom. The van der Waals surface area contributed by atoms with Gasteiger partial charge >= 0.3 is 6.09 Å². The smallest absolute Gasteiger partial charge is 0.408 e. The van der Waals surface area contributed by atoms with Gasteiger partial charge in [0.05, 0.1) is 6.54 Å². The topological polar surface area (TPSA) is 93.2 Å². The molecule has 1 aromatic heterocycles. The molecule has 0 aliphatic carbocycles. The lowest BCUT2D eigenvalue weighted by Crippen LogP contribution is -2.40. The van der Waals surface area contributed by atoms with Crippen LogP contribution < -0.4 is 10.6 Å². The van der Waals surface area contributed by atoms with E-state index in [9.17, 15) is 9.59 Å². The summed E-state index contributed by atoms with van der Waals surface area (Å²) in [5.74, 6) is 0.345. The molecule has 0 saturated carbocycles. The number of nitrogens with one attached hydrogen (secondary N) is 2. The maximum atomic E-state index is 11.5. The maximum Gasteiger partial charge on any atom is 0.408 e. The highest BCUT2D eigenvalue weighted by molar-refractivity contribution is 7.99. The number of carbonyl (C=O) groups excluding carboxylic acids is 2. The minimum Gasteiger partial charge on any atom is -0.444 e. The van der Waals surface area contributed by atoms with Crippen LogP contribution in [0.15, 0.2) is 17.3 Å². The van der Waals surface area contributed by atoms with Crippen LogP contribution in [0, 0.1) is 0 Å². The highest BCUT2D eigenvalue weighted by Gasteiger charge is 2.16. The zero-order valence-corrected chi connectivity index (χ0v) is 14.3. The molecule has 0 aromatic carbocycles. The number of rotatable bonds is 6. The van der Waals surface area contributed by atoms with Crippen LogP contribution in [-0.2, 0) is 9.53 Å². The first-order valence-corrected chi connectivity index (χ1v) is 7.97. The number of halogens is 1. The average Bonchev–Trinajstić information content (AvgIpc) is 2.39. The molecule has 2 amide bonds. The third-order valence-corrected chi connectivity index (χ3v) is 3.18. The molecule has 0 aliphatic heterocycles. The lowest BCUT2D eigenvalue weighted by atomic mass is 10.2. The van der Waals surface area contributed by atoms with Crippen LogP contribution in [-0.4, -0.2) is 46.4 Å². The molecule has 2 N–H and O–H groups in total. The molecule has 0 bridgehead atoms. The lowest BCUT2D eigenvalue weighted by Gasteiger charge is -2.19. The minimum absolute atomic E-state index is 0.126. The van der Waals surface area contributed by atoms with E-state index < -0.39 is 11.7 Å². The number of hydrogen-bond donors (Lipinski definition) is 2. The predicted octanol–water partition coefficient (Wildman–Crippen LogP) is 1.86.